The van der Waals surface area contributed by atoms with Gasteiger partial charge in [-0.1, -0.05) is 0 Å². The standard InChI is InChI=1S/C12H14N4OS/c1-16-5-4-13-11(16)10(8-2-3-8)15-12(17)9-6-18-7-14-9/h4-8,10H,2-3H2,1H3,(H,15,17)/t10-/m0/s1. The Hall–Kier alpha value is -1.69. The van der Waals surface area contributed by atoms with Crippen molar-refractivity contribution >= 4 is 17.2 Å². The Bertz CT molecular complexity index is 544. The van der Waals surface area contributed by atoms with Crippen molar-refractivity contribution in [2.75, 3.05) is 0 Å². The fourth-order valence-corrected chi connectivity index (χ4v) is 2.57. The van der Waals surface area contributed by atoms with E-state index in [2.05, 4.69) is 15.3 Å². The maximum Gasteiger partial charge on any atom is 0.271 e. The van der Waals surface area contributed by atoms with E-state index in [0.29, 0.717) is 11.6 Å². The van der Waals surface area contributed by atoms with Gasteiger partial charge >= 0.3 is 0 Å². The van der Waals surface area contributed by atoms with Gasteiger partial charge in [-0.05, 0) is 18.8 Å². The first kappa shape index (κ1) is 11.4. The molecular formula is C12H14N4OS. The average molecular weight is 262 g/mol. The lowest BCUT2D eigenvalue weighted by atomic mass is 10.1. The largest absolute Gasteiger partial charge is 0.340 e. The second kappa shape index (κ2) is 4.53. The summed E-state index contributed by atoms with van der Waals surface area (Å²) in [5, 5.41) is 4.81. The van der Waals surface area contributed by atoms with Gasteiger partial charge in [-0.15, -0.1) is 11.3 Å². The monoisotopic (exact) mass is 262 g/mol. The molecule has 1 atom stereocenters. The van der Waals surface area contributed by atoms with Crippen molar-refractivity contribution in [2.45, 2.75) is 18.9 Å². The number of hydrogen-bond acceptors (Lipinski definition) is 4. The highest BCUT2D eigenvalue weighted by molar-refractivity contribution is 7.07. The van der Waals surface area contributed by atoms with Gasteiger partial charge in [0.15, 0.2) is 0 Å². The smallest absolute Gasteiger partial charge is 0.271 e. The summed E-state index contributed by atoms with van der Waals surface area (Å²) in [4.78, 5) is 20.4. The van der Waals surface area contributed by atoms with Gasteiger partial charge in [-0.2, -0.15) is 0 Å². The molecule has 1 amide bonds. The topological polar surface area (TPSA) is 59.8 Å². The minimum atomic E-state index is -0.115. The Morgan fingerprint density at radius 2 is 2.39 bits per heavy atom. The van der Waals surface area contributed by atoms with E-state index in [1.165, 1.54) is 11.3 Å². The van der Waals surface area contributed by atoms with Gasteiger partial charge in [0.2, 0.25) is 0 Å². The molecule has 1 saturated carbocycles. The van der Waals surface area contributed by atoms with Crippen LogP contribution in [0.25, 0.3) is 0 Å². The quantitative estimate of drug-likeness (QED) is 0.913. The van der Waals surface area contributed by atoms with Gasteiger partial charge in [0, 0.05) is 24.8 Å². The fraction of sp³-hybridized carbons (Fsp3) is 0.417. The molecule has 6 heteroatoms. The summed E-state index contributed by atoms with van der Waals surface area (Å²) in [6.07, 6.45) is 5.96. The summed E-state index contributed by atoms with van der Waals surface area (Å²) in [6.45, 7) is 0. The maximum atomic E-state index is 12.1. The zero-order valence-electron chi connectivity index (χ0n) is 10.0. The highest BCUT2D eigenvalue weighted by Gasteiger charge is 2.36. The predicted octanol–water partition coefficient (Wildman–Crippen LogP) is 1.76. The molecule has 0 spiro atoms. The van der Waals surface area contributed by atoms with E-state index in [1.807, 2.05) is 17.8 Å². The lowest BCUT2D eigenvalue weighted by Gasteiger charge is -2.17. The molecule has 3 rings (SSSR count). The third-order valence-electron chi connectivity index (χ3n) is 3.18. The van der Waals surface area contributed by atoms with Crippen LogP contribution in [-0.2, 0) is 7.05 Å². The number of nitrogens with zero attached hydrogens (tertiary/aromatic N) is 3. The first-order valence-electron chi connectivity index (χ1n) is 5.92. The molecule has 1 fully saturated rings. The highest BCUT2D eigenvalue weighted by atomic mass is 32.1. The molecule has 2 heterocycles. The van der Waals surface area contributed by atoms with E-state index in [1.54, 1.807) is 17.1 Å². The van der Waals surface area contributed by atoms with Crippen molar-refractivity contribution in [1.29, 1.82) is 0 Å². The zero-order valence-corrected chi connectivity index (χ0v) is 10.9. The summed E-state index contributed by atoms with van der Waals surface area (Å²) in [5.41, 5.74) is 2.15. The minimum absolute atomic E-state index is 0.000741. The van der Waals surface area contributed by atoms with Crippen molar-refractivity contribution < 1.29 is 4.79 Å². The Labute approximate surface area is 109 Å². The maximum absolute atomic E-state index is 12.1. The number of hydrogen-bond donors (Lipinski definition) is 1. The van der Waals surface area contributed by atoms with E-state index in [4.69, 9.17) is 0 Å². The number of carbonyl (C=O) groups is 1. The normalized spacial score (nSPS) is 16.5. The molecule has 0 unspecified atom stereocenters. The molecule has 0 radical (unpaired) electrons. The zero-order chi connectivity index (χ0) is 12.5. The summed E-state index contributed by atoms with van der Waals surface area (Å²) >= 11 is 1.43. The summed E-state index contributed by atoms with van der Waals surface area (Å²) in [5.74, 6) is 1.31. The lowest BCUT2D eigenvalue weighted by molar-refractivity contribution is 0.0924. The molecule has 2 aromatic heterocycles. The number of amides is 1. The van der Waals surface area contributed by atoms with Gasteiger partial charge in [-0.25, -0.2) is 9.97 Å². The van der Waals surface area contributed by atoms with Crippen LogP contribution in [0.5, 0.6) is 0 Å². The number of rotatable bonds is 4. The summed E-state index contributed by atoms with van der Waals surface area (Å²) < 4.78 is 1.96. The van der Waals surface area contributed by atoms with E-state index in [0.717, 1.165) is 18.7 Å². The predicted molar refractivity (Wildman–Crippen MR) is 68.3 cm³/mol. The Morgan fingerprint density at radius 3 is 2.94 bits per heavy atom. The van der Waals surface area contributed by atoms with E-state index in [-0.39, 0.29) is 11.9 Å². The number of aromatic nitrogens is 3. The highest BCUT2D eigenvalue weighted by Crippen LogP contribution is 2.40. The van der Waals surface area contributed by atoms with Gasteiger partial charge in [0.05, 0.1) is 11.6 Å². The molecule has 5 nitrogen and oxygen atoms in total. The Balaban J connectivity index is 1.79. The SMILES string of the molecule is Cn1ccnc1[C@@H](NC(=O)c1cscn1)C1CC1. The van der Waals surface area contributed by atoms with Crippen LogP contribution in [-0.4, -0.2) is 20.4 Å². The number of thiazole rings is 1. The number of carbonyl (C=O) groups excluding carboxylic acids is 1. The Morgan fingerprint density at radius 1 is 1.56 bits per heavy atom. The lowest BCUT2D eigenvalue weighted by Crippen LogP contribution is -2.31. The molecule has 18 heavy (non-hydrogen) atoms. The minimum Gasteiger partial charge on any atom is -0.340 e. The third kappa shape index (κ3) is 2.15. The van der Waals surface area contributed by atoms with Crippen LogP contribution >= 0.6 is 11.3 Å². The third-order valence-corrected chi connectivity index (χ3v) is 3.77. The van der Waals surface area contributed by atoms with Crippen molar-refractivity contribution in [2.24, 2.45) is 13.0 Å². The number of aryl methyl sites for hydroxylation is 1. The fourth-order valence-electron chi connectivity index (χ4n) is 2.04. The molecule has 0 bridgehead atoms. The second-order valence-electron chi connectivity index (χ2n) is 4.56. The van der Waals surface area contributed by atoms with Crippen LogP contribution in [0.4, 0.5) is 0 Å². The summed E-state index contributed by atoms with van der Waals surface area (Å²) in [7, 11) is 1.95. The van der Waals surface area contributed by atoms with Crippen LogP contribution in [0, 0.1) is 5.92 Å². The molecule has 94 valence electrons. The average Bonchev–Trinajstić information content (AvgIpc) is 2.88. The van der Waals surface area contributed by atoms with Gasteiger partial charge in [-0.3, -0.25) is 4.79 Å². The van der Waals surface area contributed by atoms with Crippen molar-refractivity contribution in [3.63, 3.8) is 0 Å². The number of imidazole rings is 1. The molecule has 1 aliphatic carbocycles. The van der Waals surface area contributed by atoms with Crippen LogP contribution in [0.3, 0.4) is 0 Å². The first-order chi connectivity index (χ1) is 8.75. The van der Waals surface area contributed by atoms with Gasteiger partial charge < -0.3 is 9.88 Å². The van der Waals surface area contributed by atoms with Crippen molar-refractivity contribution in [1.82, 2.24) is 19.9 Å². The van der Waals surface area contributed by atoms with E-state index >= 15 is 0 Å². The molecule has 1 N–H and O–H groups in total. The van der Waals surface area contributed by atoms with Crippen LogP contribution < -0.4 is 5.32 Å². The van der Waals surface area contributed by atoms with Crippen LogP contribution in [0.2, 0.25) is 0 Å². The molecule has 0 aliphatic heterocycles. The van der Waals surface area contributed by atoms with Crippen molar-refractivity contribution in [3.05, 3.63) is 34.8 Å². The second-order valence-corrected chi connectivity index (χ2v) is 5.28. The van der Waals surface area contributed by atoms with Crippen molar-refractivity contribution in [3.8, 4) is 0 Å². The summed E-state index contributed by atoms with van der Waals surface area (Å²) in [6, 6.07) is -0.000741. The van der Waals surface area contributed by atoms with E-state index < -0.39 is 0 Å². The van der Waals surface area contributed by atoms with E-state index in [9.17, 15) is 4.79 Å². The number of nitrogens with one attached hydrogen (secondary N) is 1. The molecule has 1 aliphatic rings. The van der Waals surface area contributed by atoms with Gasteiger partial charge in [0.1, 0.15) is 11.5 Å². The molecule has 0 aromatic carbocycles. The van der Waals surface area contributed by atoms with Crippen LogP contribution in [0.1, 0.15) is 35.2 Å². The molecule has 2 aromatic rings. The first-order valence-corrected chi connectivity index (χ1v) is 6.86. The van der Waals surface area contributed by atoms with Gasteiger partial charge in [0.25, 0.3) is 5.91 Å². The van der Waals surface area contributed by atoms with Crippen LogP contribution in [0.15, 0.2) is 23.3 Å². The Kier molecular flexibility index (Phi) is 2.87. The molecular weight excluding hydrogens is 248 g/mol. The molecule has 0 saturated heterocycles.